The highest BCUT2D eigenvalue weighted by atomic mass is 16.4. The molecule has 0 spiro atoms. The average molecular weight is 259 g/mol. The second-order valence-electron chi connectivity index (χ2n) is 4.89. The SMILES string of the molecule is CC(C)CCn1nc(C(=O)[O-])c2ccccc2c1=O. The van der Waals surface area contributed by atoms with Crippen LogP contribution in [-0.2, 0) is 6.54 Å². The lowest BCUT2D eigenvalue weighted by atomic mass is 10.1. The minimum Gasteiger partial charge on any atom is -0.543 e. The average Bonchev–Trinajstić information content (AvgIpc) is 2.37. The van der Waals surface area contributed by atoms with Crippen LogP contribution in [0.2, 0.25) is 0 Å². The van der Waals surface area contributed by atoms with Crippen LogP contribution < -0.4 is 10.7 Å². The molecule has 1 heterocycles. The molecule has 0 amide bonds. The van der Waals surface area contributed by atoms with E-state index in [0.717, 1.165) is 6.42 Å². The van der Waals surface area contributed by atoms with Crippen molar-refractivity contribution in [1.82, 2.24) is 9.78 Å². The van der Waals surface area contributed by atoms with Gasteiger partial charge in [0.15, 0.2) is 0 Å². The molecule has 0 aliphatic heterocycles. The van der Waals surface area contributed by atoms with Gasteiger partial charge in [-0.2, -0.15) is 5.10 Å². The summed E-state index contributed by atoms with van der Waals surface area (Å²) in [6, 6.07) is 6.56. The zero-order valence-electron chi connectivity index (χ0n) is 10.9. The molecule has 0 N–H and O–H groups in total. The van der Waals surface area contributed by atoms with Crippen LogP contribution in [0.3, 0.4) is 0 Å². The van der Waals surface area contributed by atoms with E-state index < -0.39 is 5.97 Å². The van der Waals surface area contributed by atoms with Gasteiger partial charge >= 0.3 is 0 Å². The highest BCUT2D eigenvalue weighted by molar-refractivity contribution is 6.00. The number of rotatable bonds is 4. The third kappa shape index (κ3) is 2.65. The van der Waals surface area contributed by atoms with E-state index in [0.29, 0.717) is 23.2 Å². The maximum atomic E-state index is 12.2. The summed E-state index contributed by atoms with van der Waals surface area (Å²) in [7, 11) is 0. The summed E-state index contributed by atoms with van der Waals surface area (Å²) in [5.41, 5.74) is -0.444. The fourth-order valence-corrected chi connectivity index (χ4v) is 1.92. The molecule has 0 unspecified atom stereocenters. The minimum absolute atomic E-state index is 0.182. The zero-order chi connectivity index (χ0) is 14.0. The number of benzene rings is 1. The molecule has 19 heavy (non-hydrogen) atoms. The number of nitrogens with zero attached hydrogens (tertiary/aromatic N) is 2. The van der Waals surface area contributed by atoms with Crippen LogP contribution in [0, 0.1) is 5.92 Å². The first kappa shape index (κ1) is 13.3. The molecule has 0 saturated carbocycles. The van der Waals surface area contributed by atoms with Crippen molar-refractivity contribution >= 4 is 16.7 Å². The predicted molar refractivity (Wildman–Crippen MR) is 69.8 cm³/mol. The minimum atomic E-state index is -1.37. The molecular weight excluding hydrogens is 244 g/mol. The molecule has 1 aromatic heterocycles. The number of aryl methyl sites for hydroxylation is 1. The van der Waals surface area contributed by atoms with E-state index >= 15 is 0 Å². The third-order valence-corrected chi connectivity index (χ3v) is 2.98. The van der Waals surface area contributed by atoms with E-state index in [4.69, 9.17) is 0 Å². The lowest BCUT2D eigenvalue weighted by Gasteiger charge is -2.12. The number of hydrogen-bond donors (Lipinski definition) is 0. The molecule has 0 aliphatic rings. The molecule has 2 rings (SSSR count). The fourth-order valence-electron chi connectivity index (χ4n) is 1.92. The summed E-state index contributed by atoms with van der Waals surface area (Å²) < 4.78 is 1.22. The van der Waals surface area contributed by atoms with Crippen LogP contribution >= 0.6 is 0 Å². The summed E-state index contributed by atoms with van der Waals surface area (Å²) in [6.45, 7) is 4.47. The van der Waals surface area contributed by atoms with Crippen molar-refractivity contribution in [2.24, 2.45) is 5.92 Å². The molecule has 0 radical (unpaired) electrons. The topological polar surface area (TPSA) is 75.0 Å². The first-order chi connectivity index (χ1) is 9.00. The normalized spacial score (nSPS) is 11.1. The molecule has 0 saturated heterocycles. The number of aromatic nitrogens is 2. The van der Waals surface area contributed by atoms with Crippen molar-refractivity contribution in [3.05, 3.63) is 40.3 Å². The number of carbonyl (C=O) groups is 1. The van der Waals surface area contributed by atoms with Crippen LogP contribution in [-0.4, -0.2) is 15.7 Å². The van der Waals surface area contributed by atoms with Gasteiger partial charge in [0.2, 0.25) is 0 Å². The largest absolute Gasteiger partial charge is 0.543 e. The summed E-state index contributed by atoms with van der Waals surface area (Å²) in [4.78, 5) is 23.3. The van der Waals surface area contributed by atoms with E-state index in [-0.39, 0.29) is 11.3 Å². The standard InChI is InChI=1S/C14H16N2O3/c1-9(2)7-8-16-13(17)11-6-4-3-5-10(11)12(15-16)14(18)19/h3-6,9H,7-8H2,1-2H3,(H,18,19)/p-1. The third-order valence-electron chi connectivity index (χ3n) is 2.98. The number of carboxylic acids is 1. The van der Waals surface area contributed by atoms with Gasteiger partial charge in [0.25, 0.3) is 5.56 Å². The number of hydrogen-bond acceptors (Lipinski definition) is 4. The smallest absolute Gasteiger partial charge is 0.274 e. The summed E-state index contributed by atoms with van der Waals surface area (Å²) in [6.07, 6.45) is 0.762. The van der Waals surface area contributed by atoms with Crippen molar-refractivity contribution in [3.8, 4) is 0 Å². The quantitative estimate of drug-likeness (QED) is 0.814. The molecule has 0 aliphatic carbocycles. The highest BCUT2D eigenvalue weighted by Crippen LogP contribution is 2.13. The molecule has 1 aromatic carbocycles. The first-order valence-electron chi connectivity index (χ1n) is 6.22. The van der Waals surface area contributed by atoms with E-state index in [1.54, 1.807) is 24.3 Å². The lowest BCUT2D eigenvalue weighted by molar-refractivity contribution is -0.255. The van der Waals surface area contributed by atoms with E-state index in [1.165, 1.54) is 4.68 Å². The van der Waals surface area contributed by atoms with E-state index in [1.807, 2.05) is 13.8 Å². The van der Waals surface area contributed by atoms with Crippen LogP contribution in [0.15, 0.2) is 29.1 Å². The Morgan fingerprint density at radius 1 is 1.32 bits per heavy atom. The maximum absolute atomic E-state index is 12.2. The molecule has 0 bridgehead atoms. The first-order valence-corrected chi connectivity index (χ1v) is 6.22. The molecule has 0 atom stereocenters. The lowest BCUT2D eigenvalue weighted by Crippen LogP contribution is -2.31. The molecule has 5 heteroatoms. The van der Waals surface area contributed by atoms with E-state index in [9.17, 15) is 14.7 Å². The monoisotopic (exact) mass is 259 g/mol. The van der Waals surface area contributed by atoms with Crippen molar-refractivity contribution in [2.75, 3.05) is 0 Å². The maximum Gasteiger partial charge on any atom is 0.274 e. The molecule has 0 fully saturated rings. The van der Waals surface area contributed by atoms with Crippen LogP contribution in [0.5, 0.6) is 0 Å². The molecular formula is C14H15N2O3-. The van der Waals surface area contributed by atoms with Crippen LogP contribution in [0.25, 0.3) is 10.8 Å². The number of carboxylic acid groups (broad SMARTS) is 1. The highest BCUT2D eigenvalue weighted by Gasteiger charge is 2.11. The van der Waals surface area contributed by atoms with Gasteiger partial charge in [-0.1, -0.05) is 32.0 Å². The Morgan fingerprint density at radius 3 is 2.53 bits per heavy atom. The van der Waals surface area contributed by atoms with Crippen molar-refractivity contribution in [2.45, 2.75) is 26.8 Å². The van der Waals surface area contributed by atoms with Gasteiger partial charge in [0, 0.05) is 11.9 Å². The van der Waals surface area contributed by atoms with Crippen molar-refractivity contribution < 1.29 is 9.90 Å². The van der Waals surface area contributed by atoms with Crippen molar-refractivity contribution in [1.29, 1.82) is 0 Å². The Labute approximate surface area is 110 Å². The number of fused-ring (bicyclic) bond motifs is 1. The fraction of sp³-hybridized carbons (Fsp3) is 0.357. The number of aromatic carboxylic acids is 1. The second-order valence-corrected chi connectivity index (χ2v) is 4.89. The zero-order valence-corrected chi connectivity index (χ0v) is 10.9. The Bertz CT molecular complexity index is 674. The van der Waals surface area contributed by atoms with Crippen LogP contribution in [0.4, 0.5) is 0 Å². The summed E-state index contributed by atoms with van der Waals surface area (Å²) >= 11 is 0. The van der Waals surface area contributed by atoms with Gasteiger partial charge in [-0.15, -0.1) is 0 Å². The Balaban J connectivity index is 2.63. The Hall–Kier alpha value is -2.17. The van der Waals surface area contributed by atoms with Gasteiger partial charge in [-0.25, -0.2) is 4.68 Å². The molecule has 100 valence electrons. The van der Waals surface area contributed by atoms with Gasteiger partial charge in [0.05, 0.1) is 11.4 Å². The molecule has 5 nitrogen and oxygen atoms in total. The Morgan fingerprint density at radius 2 is 1.95 bits per heavy atom. The number of carbonyl (C=O) groups excluding carboxylic acids is 1. The second kappa shape index (κ2) is 5.22. The van der Waals surface area contributed by atoms with Gasteiger partial charge < -0.3 is 9.90 Å². The predicted octanol–water partition coefficient (Wildman–Crippen LogP) is 0.806. The van der Waals surface area contributed by atoms with Gasteiger partial charge in [-0.05, 0) is 18.4 Å². The van der Waals surface area contributed by atoms with Crippen LogP contribution in [0.1, 0.15) is 30.8 Å². The van der Waals surface area contributed by atoms with Gasteiger partial charge in [0.1, 0.15) is 5.69 Å². The Kier molecular flexibility index (Phi) is 3.64. The molecule has 2 aromatic rings. The summed E-state index contributed by atoms with van der Waals surface area (Å²) in [5, 5.41) is 15.7. The summed E-state index contributed by atoms with van der Waals surface area (Å²) in [5.74, 6) is -0.957. The van der Waals surface area contributed by atoms with E-state index in [2.05, 4.69) is 5.10 Å². The van der Waals surface area contributed by atoms with Gasteiger partial charge in [-0.3, -0.25) is 4.79 Å². The van der Waals surface area contributed by atoms with Crippen molar-refractivity contribution in [3.63, 3.8) is 0 Å².